The first kappa shape index (κ1) is 16.0. The van der Waals surface area contributed by atoms with Crippen molar-refractivity contribution in [3.8, 4) is 0 Å². The van der Waals surface area contributed by atoms with Gasteiger partial charge < -0.3 is 10.4 Å². The molecule has 0 saturated heterocycles. The van der Waals surface area contributed by atoms with Crippen LogP contribution in [0.2, 0.25) is 0 Å². The minimum absolute atomic E-state index is 0.123. The summed E-state index contributed by atoms with van der Waals surface area (Å²) in [7, 11) is 0. The molecule has 2 rings (SSSR count). The van der Waals surface area contributed by atoms with E-state index in [1.165, 1.54) is 24.4 Å². The van der Waals surface area contributed by atoms with Crippen molar-refractivity contribution >= 4 is 5.91 Å². The number of hydrogen-bond donors (Lipinski definition) is 3. The van der Waals surface area contributed by atoms with Crippen LogP contribution in [0.15, 0.2) is 36.5 Å². The molecule has 2 aromatic rings. The first-order valence-electron chi connectivity index (χ1n) is 6.38. The van der Waals surface area contributed by atoms with Gasteiger partial charge in [-0.05, 0) is 12.5 Å². The second-order valence-electron chi connectivity index (χ2n) is 4.82. The SMILES string of the molecule is Cc1[nH]ncc1C(=O)NC[C@@](O)(c1ccccc1)C(F)(F)F. The van der Waals surface area contributed by atoms with Crippen LogP contribution in [0.4, 0.5) is 13.2 Å². The van der Waals surface area contributed by atoms with Gasteiger partial charge in [-0.1, -0.05) is 30.3 Å². The largest absolute Gasteiger partial charge is 0.423 e. The second-order valence-corrected chi connectivity index (χ2v) is 4.82. The Hall–Kier alpha value is -2.35. The molecule has 1 aromatic carbocycles. The third kappa shape index (κ3) is 2.96. The van der Waals surface area contributed by atoms with Gasteiger partial charge in [0.15, 0.2) is 0 Å². The molecule has 0 aliphatic heterocycles. The number of aryl methyl sites for hydroxylation is 1. The Morgan fingerprint density at radius 1 is 1.32 bits per heavy atom. The van der Waals surface area contributed by atoms with Crippen LogP contribution in [0.3, 0.4) is 0 Å². The molecular weight excluding hydrogens is 299 g/mol. The van der Waals surface area contributed by atoms with E-state index in [0.717, 1.165) is 12.1 Å². The van der Waals surface area contributed by atoms with Gasteiger partial charge in [-0.3, -0.25) is 9.89 Å². The molecule has 0 aliphatic rings. The summed E-state index contributed by atoms with van der Waals surface area (Å²) in [5.74, 6) is -0.746. The fourth-order valence-electron chi connectivity index (χ4n) is 1.96. The van der Waals surface area contributed by atoms with E-state index in [4.69, 9.17) is 0 Å². The maximum absolute atomic E-state index is 13.2. The Morgan fingerprint density at radius 3 is 2.45 bits per heavy atom. The van der Waals surface area contributed by atoms with Crippen LogP contribution in [-0.4, -0.2) is 33.9 Å². The molecule has 1 atom stereocenters. The Morgan fingerprint density at radius 2 is 1.95 bits per heavy atom. The van der Waals surface area contributed by atoms with E-state index in [9.17, 15) is 23.1 Å². The minimum Gasteiger partial charge on any atom is -0.375 e. The van der Waals surface area contributed by atoms with Crippen molar-refractivity contribution in [2.45, 2.75) is 18.7 Å². The zero-order valence-corrected chi connectivity index (χ0v) is 11.6. The lowest BCUT2D eigenvalue weighted by atomic mass is 9.93. The first-order chi connectivity index (χ1) is 10.3. The van der Waals surface area contributed by atoms with Gasteiger partial charge in [-0.2, -0.15) is 18.3 Å². The van der Waals surface area contributed by atoms with E-state index in [0.29, 0.717) is 5.69 Å². The lowest BCUT2D eigenvalue weighted by Gasteiger charge is -2.31. The molecule has 0 saturated carbocycles. The maximum atomic E-state index is 13.2. The summed E-state index contributed by atoms with van der Waals surface area (Å²) in [6.07, 6.45) is -3.73. The van der Waals surface area contributed by atoms with Gasteiger partial charge in [0.05, 0.1) is 18.3 Å². The Kier molecular flexibility index (Phi) is 4.23. The molecule has 1 amide bonds. The number of alkyl halides is 3. The van der Waals surface area contributed by atoms with Crippen LogP contribution in [0.1, 0.15) is 21.6 Å². The molecule has 1 aromatic heterocycles. The number of carbonyl (C=O) groups is 1. The highest BCUT2D eigenvalue weighted by molar-refractivity contribution is 5.95. The molecule has 1 heterocycles. The molecule has 5 nitrogen and oxygen atoms in total. The molecule has 0 aliphatic carbocycles. The van der Waals surface area contributed by atoms with Gasteiger partial charge in [0.25, 0.3) is 5.91 Å². The third-order valence-corrected chi connectivity index (χ3v) is 3.30. The number of H-pyrrole nitrogens is 1. The lowest BCUT2D eigenvalue weighted by Crippen LogP contribution is -2.51. The first-order valence-corrected chi connectivity index (χ1v) is 6.38. The highest BCUT2D eigenvalue weighted by Gasteiger charge is 2.55. The van der Waals surface area contributed by atoms with E-state index < -0.39 is 24.2 Å². The van der Waals surface area contributed by atoms with E-state index in [-0.39, 0.29) is 11.1 Å². The highest BCUT2D eigenvalue weighted by Crippen LogP contribution is 2.38. The summed E-state index contributed by atoms with van der Waals surface area (Å²) in [6, 6.07) is 6.61. The Bertz CT molecular complexity index is 655. The van der Waals surface area contributed by atoms with Crippen molar-refractivity contribution in [3.63, 3.8) is 0 Å². The van der Waals surface area contributed by atoms with Gasteiger partial charge in [0.1, 0.15) is 0 Å². The predicted molar refractivity (Wildman–Crippen MR) is 72.1 cm³/mol. The number of amides is 1. The number of hydrogen-bond acceptors (Lipinski definition) is 3. The monoisotopic (exact) mass is 313 g/mol. The zero-order valence-electron chi connectivity index (χ0n) is 11.6. The molecule has 118 valence electrons. The summed E-state index contributed by atoms with van der Waals surface area (Å²) >= 11 is 0. The second kappa shape index (κ2) is 5.80. The zero-order chi connectivity index (χ0) is 16.4. The average Bonchev–Trinajstić information content (AvgIpc) is 2.90. The number of aromatic amines is 1. The Labute approximate surface area is 124 Å². The molecular formula is C14H14F3N3O2. The molecule has 0 spiro atoms. The summed E-state index contributed by atoms with van der Waals surface area (Å²) in [6.45, 7) is 0.568. The molecule has 8 heteroatoms. The van der Waals surface area contributed by atoms with Crippen LogP contribution >= 0.6 is 0 Å². The number of carbonyl (C=O) groups excluding carboxylic acids is 1. The number of aliphatic hydroxyl groups is 1. The quantitative estimate of drug-likeness (QED) is 0.807. The van der Waals surface area contributed by atoms with Gasteiger partial charge in [-0.15, -0.1) is 0 Å². The maximum Gasteiger partial charge on any atom is 0.423 e. The topological polar surface area (TPSA) is 78.0 Å². The molecule has 0 bridgehead atoms. The standard InChI is InChI=1S/C14H14F3N3O2/c1-9-11(7-19-20-9)12(21)18-8-13(22,14(15,16)17)10-5-3-2-4-6-10/h2-7,22H,8H2,1H3,(H,18,21)(H,19,20)/t13-/m1/s1. The number of aromatic nitrogens is 2. The minimum atomic E-state index is -4.94. The molecule has 0 unspecified atom stereocenters. The van der Waals surface area contributed by atoms with Crippen molar-refractivity contribution < 1.29 is 23.1 Å². The summed E-state index contributed by atoms with van der Waals surface area (Å²) < 4.78 is 39.7. The fraction of sp³-hybridized carbons (Fsp3) is 0.286. The van der Waals surface area contributed by atoms with Gasteiger partial charge in [0, 0.05) is 5.69 Å². The number of halogens is 3. The van der Waals surface area contributed by atoms with E-state index in [2.05, 4.69) is 15.5 Å². The average molecular weight is 313 g/mol. The van der Waals surface area contributed by atoms with E-state index in [1.807, 2.05) is 0 Å². The van der Waals surface area contributed by atoms with E-state index >= 15 is 0 Å². The smallest absolute Gasteiger partial charge is 0.375 e. The van der Waals surface area contributed by atoms with Crippen LogP contribution in [-0.2, 0) is 5.60 Å². The van der Waals surface area contributed by atoms with Crippen molar-refractivity contribution in [3.05, 3.63) is 53.3 Å². The van der Waals surface area contributed by atoms with Crippen molar-refractivity contribution in [2.24, 2.45) is 0 Å². The molecule has 0 radical (unpaired) electrons. The third-order valence-electron chi connectivity index (χ3n) is 3.30. The predicted octanol–water partition coefficient (Wildman–Crippen LogP) is 1.90. The van der Waals surface area contributed by atoms with Gasteiger partial charge in [0.2, 0.25) is 5.60 Å². The number of nitrogens with one attached hydrogen (secondary N) is 2. The number of benzene rings is 1. The molecule has 22 heavy (non-hydrogen) atoms. The van der Waals surface area contributed by atoms with Crippen LogP contribution in [0, 0.1) is 6.92 Å². The highest BCUT2D eigenvalue weighted by atomic mass is 19.4. The van der Waals surface area contributed by atoms with Crippen molar-refractivity contribution in [2.75, 3.05) is 6.54 Å². The van der Waals surface area contributed by atoms with E-state index in [1.54, 1.807) is 6.92 Å². The Balaban J connectivity index is 2.22. The van der Waals surface area contributed by atoms with Crippen LogP contribution < -0.4 is 5.32 Å². The lowest BCUT2D eigenvalue weighted by molar-refractivity contribution is -0.263. The molecule has 3 N–H and O–H groups in total. The van der Waals surface area contributed by atoms with Gasteiger partial charge >= 0.3 is 6.18 Å². The normalized spacial score (nSPS) is 14.4. The number of nitrogens with zero attached hydrogens (tertiary/aromatic N) is 1. The fourth-order valence-corrected chi connectivity index (χ4v) is 1.96. The van der Waals surface area contributed by atoms with Crippen LogP contribution in [0.25, 0.3) is 0 Å². The summed E-state index contributed by atoms with van der Waals surface area (Å²) in [5.41, 5.74) is -2.96. The van der Waals surface area contributed by atoms with Crippen molar-refractivity contribution in [1.82, 2.24) is 15.5 Å². The summed E-state index contributed by atoms with van der Waals surface area (Å²) in [5, 5.41) is 18.3. The number of rotatable bonds is 4. The summed E-state index contributed by atoms with van der Waals surface area (Å²) in [4.78, 5) is 11.9. The van der Waals surface area contributed by atoms with Crippen molar-refractivity contribution in [1.29, 1.82) is 0 Å². The van der Waals surface area contributed by atoms with Crippen LogP contribution in [0.5, 0.6) is 0 Å². The molecule has 0 fully saturated rings. The van der Waals surface area contributed by atoms with Gasteiger partial charge in [-0.25, -0.2) is 0 Å².